The molecule has 1 amide bonds. The van der Waals surface area contributed by atoms with Crippen LogP contribution in [0.1, 0.15) is 183 Å². The molecule has 0 bridgehead atoms. The number of halogens is 6. The number of ether oxygens (including phenoxy) is 6. The minimum absolute atomic E-state index is 0.0222. The molecule has 0 aromatic heterocycles. The van der Waals surface area contributed by atoms with Crippen molar-refractivity contribution in [3.63, 3.8) is 0 Å². The highest BCUT2D eigenvalue weighted by atomic mass is 19.4. The number of benzene rings is 3. The molecule has 1 heterocycles. The maximum atomic E-state index is 14.4. The van der Waals surface area contributed by atoms with E-state index in [0.29, 0.717) is 24.0 Å². The molecule has 76 heavy (non-hydrogen) atoms. The number of aliphatic hydroxyl groups excluding tert-OH is 1. The Morgan fingerprint density at radius 1 is 0.605 bits per heavy atom. The molecule has 0 saturated carbocycles. The Bertz CT molecular complexity index is 2020. The molecule has 0 aliphatic carbocycles. The molecular formula is C60H85F6NO9. The van der Waals surface area contributed by atoms with E-state index in [9.17, 15) is 41.0 Å². The number of amides is 1. The van der Waals surface area contributed by atoms with Crippen molar-refractivity contribution < 1.29 is 69.5 Å². The van der Waals surface area contributed by atoms with Crippen molar-refractivity contribution in [2.75, 3.05) is 13.2 Å². The Morgan fingerprint density at radius 2 is 1.05 bits per heavy atom. The third-order valence-electron chi connectivity index (χ3n) is 13.7. The van der Waals surface area contributed by atoms with Gasteiger partial charge in [0.05, 0.1) is 69.2 Å². The van der Waals surface area contributed by atoms with Gasteiger partial charge in [-0.3, -0.25) is 9.59 Å². The predicted octanol–water partition coefficient (Wildman–Crippen LogP) is 14.7. The molecule has 1 saturated heterocycles. The molecule has 1 aliphatic rings. The molecule has 0 unspecified atom stereocenters. The first-order valence-electron chi connectivity index (χ1n) is 27.8. The Labute approximate surface area is 448 Å². The van der Waals surface area contributed by atoms with Gasteiger partial charge in [-0.2, -0.15) is 26.3 Å². The normalized spacial score (nSPS) is 18.8. The van der Waals surface area contributed by atoms with Gasteiger partial charge in [-0.15, -0.1) is 6.58 Å². The lowest BCUT2D eigenvalue weighted by atomic mass is 9.95. The van der Waals surface area contributed by atoms with Gasteiger partial charge in [-0.05, 0) is 53.8 Å². The van der Waals surface area contributed by atoms with Gasteiger partial charge in [0.15, 0.2) is 12.4 Å². The van der Waals surface area contributed by atoms with E-state index >= 15 is 0 Å². The summed E-state index contributed by atoms with van der Waals surface area (Å²) < 4.78 is 118. The van der Waals surface area contributed by atoms with Gasteiger partial charge < -0.3 is 38.8 Å². The number of carbonyl (C=O) groups excluding carboxylic acids is 2. The van der Waals surface area contributed by atoms with Crippen LogP contribution < -0.4 is 5.32 Å². The van der Waals surface area contributed by atoms with Crippen molar-refractivity contribution >= 4 is 11.9 Å². The summed E-state index contributed by atoms with van der Waals surface area (Å²) in [4.78, 5) is 28.8. The van der Waals surface area contributed by atoms with Crippen LogP contribution in [0, 0.1) is 0 Å². The van der Waals surface area contributed by atoms with Crippen molar-refractivity contribution in [3.05, 3.63) is 119 Å². The van der Waals surface area contributed by atoms with Crippen LogP contribution >= 0.6 is 0 Å². The third kappa shape index (κ3) is 25.0. The highest BCUT2D eigenvalue weighted by Gasteiger charge is 2.50. The van der Waals surface area contributed by atoms with Crippen LogP contribution in [0.5, 0.6) is 0 Å². The van der Waals surface area contributed by atoms with Crippen LogP contribution in [-0.4, -0.2) is 73.0 Å². The number of hydrogen-bond acceptors (Lipinski definition) is 9. The van der Waals surface area contributed by atoms with Gasteiger partial charge in [0.2, 0.25) is 5.91 Å². The molecule has 3 aromatic carbocycles. The average Bonchev–Trinajstić information content (AvgIpc) is 3.40. The van der Waals surface area contributed by atoms with Crippen molar-refractivity contribution in [2.24, 2.45) is 0 Å². The quantitative estimate of drug-likeness (QED) is 0.0249. The molecule has 16 heteroatoms. The number of alkyl halides is 6. The lowest BCUT2D eigenvalue weighted by Crippen LogP contribution is -2.66. The van der Waals surface area contributed by atoms with Crippen LogP contribution in [0.4, 0.5) is 26.3 Å². The van der Waals surface area contributed by atoms with E-state index in [2.05, 4.69) is 25.7 Å². The number of unbranched alkanes of at least 4 members (excludes halogenated alkanes) is 16. The predicted molar refractivity (Wildman–Crippen MR) is 282 cm³/mol. The molecule has 2 N–H and O–H groups in total. The van der Waals surface area contributed by atoms with E-state index in [0.717, 1.165) is 94.0 Å². The number of hydrogen-bond donors (Lipinski definition) is 2. The summed E-state index contributed by atoms with van der Waals surface area (Å²) in [5.74, 6) is -1.22. The lowest BCUT2D eigenvalue weighted by Gasteiger charge is -2.45. The van der Waals surface area contributed by atoms with Crippen molar-refractivity contribution in [3.8, 4) is 0 Å². The fraction of sp³-hybridized carbons (Fsp3) is 0.633. The van der Waals surface area contributed by atoms with Gasteiger partial charge >= 0.3 is 18.3 Å². The highest BCUT2D eigenvalue weighted by molar-refractivity contribution is 5.77. The number of carbonyl (C=O) groups is 2. The lowest BCUT2D eigenvalue weighted by molar-refractivity contribution is -0.280. The van der Waals surface area contributed by atoms with Gasteiger partial charge in [-0.1, -0.05) is 190 Å². The number of nitrogens with one attached hydrogen (secondary N) is 1. The molecule has 0 radical (unpaired) electrons. The van der Waals surface area contributed by atoms with Crippen molar-refractivity contribution in [1.82, 2.24) is 5.32 Å². The zero-order valence-corrected chi connectivity index (χ0v) is 44.9. The number of aliphatic hydroxyl groups is 1. The molecule has 4 rings (SSSR count). The first kappa shape index (κ1) is 64.2. The molecule has 426 valence electrons. The Kier molecular flexibility index (Phi) is 30.4. The van der Waals surface area contributed by atoms with Crippen LogP contribution in [0.2, 0.25) is 0 Å². The maximum absolute atomic E-state index is 14.4. The summed E-state index contributed by atoms with van der Waals surface area (Å²) in [6.45, 7) is 7.43. The first-order valence-corrected chi connectivity index (χ1v) is 27.8. The third-order valence-corrected chi connectivity index (χ3v) is 13.7. The van der Waals surface area contributed by atoms with E-state index in [1.165, 1.54) is 81.7 Å². The zero-order valence-electron chi connectivity index (χ0n) is 44.9. The molecule has 0 spiro atoms. The molecule has 1 aliphatic heterocycles. The second-order valence-corrected chi connectivity index (χ2v) is 20.1. The zero-order chi connectivity index (χ0) is 55.0. The average molecular weight is 1080 g/mol. The Hall–Kier alpha value is -4.32. The van der Waals surface area contributed by atoms with Crippen LogP contribution in [-0.2, 0) is 70.2 Å². The van der Waals surface area contributed by atoms with Crippen molar-refractivity contribution in [2.45, 2.75) is 230 Å². The standard InChI is InChI=1S/C60H85F6NO9/c1-4-7-9-11-13-15-17-19-24-28-50(72-42-46-30-34-48(35-31-46)59(61,62)63)39-53(69)67-55-57(56(74-44-45-26-22-21-23-27-45)52(41-68)75-58(55)71-38-6-3)76-54(70)40-51(29-25-20-18-16-14-12-10-8-5-2)73-43-47-32-36-49(37-33-47)60(64,65)66/h6,21-23,26-27,30-37,50-52,55-58,68H,3-5,7-20,24-25,28-29,38-44H2,1-2H3,(H,67,69)/t50-,51-,52-,55-,56-,57-,58-/m1/s1. The Balaban J connectivity index is 1.58. The van der Waals surface area contributed by atoms with E-state index in [4.69, 9.17) is 28.4 Å². The summed E-state index contributed by atoms with van der Waals surface area (Å²) in [6, 6.07) is 17.4. The van der Waals surface area contributed by atoms with E-state index in [1.54, 1.807) is 0 Å². The molecule has 1 fully saturated rings. The Morgan fingerprint density at radius 3 is 1.50 bits per heavy atom. The molecule has 10 nitrogen and oxygen atoms in total. The largest absolute Gasteiger partial charge is 0.457 e. The minimum atomic E-state index is -4.50. The van der Waals surface area contributed by atoms with Crippen LogP contribution in [0.25, 0.3) is 0 Å². The maximum Gasteiger partial charge on any atom is 0.416 e. The summed E-state index contributed by atoms with van der Waals surface area (Å²) in [6.07, 6.45) is 6.13. The molecular weight excluding hydrogens is 993 g/mol. The monoisotopic (exact) mass is 1080 g/mol. The SMILES string of the molecule is C=CCO[C@@H]1O[C@H](CO)[C@@H](OCc2ccccc2)[C@H](OC(=O)C[C@@H](CCCCCCCCCCC)OCc2ccc(C(F)(F)F)cc2)[C@H]1NC(=O)C[C@@H](CCCCCCCCCCC)OCc1ccc(C(F)(F)F)cc1. The summed E-state index contributed by atoms with van der Waals surface area (Å²) >= 11 is 0. The molecule has 3 aromatic rings. The summed E-state index contributed by atoms with van der Waals surface area (Å²) in [5, 5.41) is 13.8. The van der Waals surface area contributed by atoms with Gasteiger partial charge in [0.1, 0.15) is 18.2 Å². The number of rotatable bonds is 39. The van der Waals surface area contributed by atoms with Crippen LogP contribution in [0.3, 0.4) is 0 Å². The van der Waals surface area contributed by atoms with Gasteiger partial charge in [0, 0.05) is 0 Å². The van der Waals surface area contributed by atoms with Crippen LogP contribution in [0.15, 0.2) is 91.5 Å². The summed E-state index contributed by atoms with van der Waals surface area (Å²) in [5.41, 5.74) is 0.202. The smallest absolute Gasteiger partial charge is 0.416 e. The topological polar surface area (TPSA) is 122 Å². The first-order chi connectivity index (χ1) is 36.6. The second-order valence-electron chi connectivity index (χ2n) is 20.1. The van der Waals surface area contributed by atoms with Gasteiger partial charge in [0.25, 0.3) is 0 Å². The fourth-order valence-corrected chi connectivity index (χ4v) is 9.32. The molecule has 7 atom stereocenters. The number of esters is 1. The van der Waals surface area contributed by atoms with E-state index < -0.39 is 84.8 Å². The second kappa shape index (κ2) is 36.0. The van der Waals surface area contributed by atoms with Crippen molar-refractivity contribution in [1.29, 1.82) is 0 Å². The summed E-state index contributed by atoms with van der Waals surface area (Å²) in [7, 11) is 0. The highest BCUT2D eigenvalue weighted by Crippen LogP contribution is 2.32. The van der Waals surface area contributed by atoms with E-state index in [1.807, 2.05) is 30.3 Å². The van der Waals surface area contributed by atoms with E-state index in [-0.39, 0.29) is 39.3 Å². The van der Waals surface area contributed by atoms with Gasteiger partial charge in [-0.25, -0.2) is 0 Å². The fourth-order valence-electron chi connectivity index (χ4n) is 9.32. The minimum Gasteiger partial charge on any atom is -0.457 e.